The van der Waals surface area contributed by atoms with Crippen molar-refractivity contribution in [1.29, 1.82) is 10.5 Å². The maximum Gasteiger partial charge on any atom is 0.101 e. The van der Waals surface area contributed by atoms with Crippen molar-refractivity contribution in [3.63, 3.8) is 0 Å². The van der Waals surface area contributed by atoms with Gasteiger partial charge in [-0.3, -0.25) is 0 Å². The Balaban J connectivity index is 2.31. The van der Waals surface area contributed by atoms with E-state index in [0.717, 1.165) is 0 Å². The maximum atomic E-state index is 8.87. The first-order valence-corrected chi connectivity index (χ1v) is 5.65. The number of nitrogens with zero attached hydrogens (tertiary/aromatic N) is 4. The van der Waals surface area contributed by atoms with Gasteiger partial charge in [0.25, 0.3) is 0 Å². The molecule has 2 aromatic rings. The molecule has 96 valence electrons. The Bertz CT molecular complexity index is 699. The monoisotopic (exact) mass is 262 g/mol. The van der Waals surface area contributed by atoms with Crippen molar-refractivity contribution in [3.05, 3.63) is 47.5 Å². The third kappa shape index (κ3) is 2.71. The van der Waals surface area contributed by atoms with Crippen LogP contribution in [0.25, 0.3) is 0 Å². The minimum absolute atomic E-state index is 0.344. The highest BCUT2D eigenvalue weighted by molar-refractivity contribution is 5.61. The van der Waals surface area contributed by atoms with E-state index in [-0.39, 0.29) is 0 Å². The van der Waals surface area contributed by atoms with Gasteiger partial charge in [-0.05, 0) is 36.4 Å². The molecule has 0 atom stereocenters. The van der Waals surface area contributed by atoms with Crippen molar-refractivity contribution in [2.24, 2.45) is 10.2 Å². The van der Waals surface area contributed by atoms with E-state index in [0.29, 0.717) is 33.9 Å². The molecular weight excluding hydrogens is 252 g/mol. The molecule has 4 N–H and O–H groups in total. The standard InChI is InChI=1S/C14H10N6/c15-7-9-5-11(1-3-13(9)17)19-20-12-2-4-14(18)10(6-12)8-16/h1-6H,17-18H2. The van der Waals surface area contributed by atoms with Gasteiger partial charge in [-0.2, -0.15) is 20.8 Å². The molecule has 2 rings (SSSR count). The van der Waals surface area contributed by atoms with Crippen molar-refractivity contribution >= 4 is 22.7 Å². The van der Waals surface area contributed by atoms with Gasteiger partial charge in [0.2, 0.25) is 0 Å². The lowest BCUT2D eigenvalue weighted by atomic mass is 10.2. The van der Waals surface area contributed by atoms with Gasteiger partial charge in [-0.15, -0.1) is 0 Å². The highest BCUT2D eigenvalue weighted by Crippen LogP contribution is 2.24. The second-order valence-corrected chi connectivity index (χ2v) is 3.97. The number of anilines is 2. The predicted molar refractivity (Wildman–Crippen MR) is 75.3 cm³/mol. The summed E-state index contributed by atoms with van der Waals surface area (Å²) in [6, 6.07) is 13.5. The first-order chi connectivity index (χ1) is 9.63. The predicted octanol–water partition coefficient (Wildman–Crippen LogP) is 3.01. The van der Waals surface area contributed by atoms with Crippen LogP contribution in [0.4, 0.5) is 22.7 Å². The molecule has 0 aliphatic carbocycles. The fraction of sp³-hybridized carbons (Fsp3) is 0. The van der Waals surface area contributed by atoms with Gasteiger partial charge in [0.05, 0.1) is 22.5 Å². The van der Waals surface area contributed by atoms with Crippen LogP contribution in [0.15, 0.2) is 46.6 Å². The first kappa shape index (κ1) is 13.1. The lowest BCUT2D eigenvalue weighted by molar-refractivity contribution is 1.23. The second kappa shape index (κ2) is 5.51. The fourth-order valence-electron chi connectivity index (χ4n) is 1.52. The molecule has 0 aromatic heterocycles. The number of hydrogen-bond donors (Lipinski definition) is 2. The molecule has 0 bridgehead atoms. The van der Waals surface area contributed by atoms with Crippen LogP contribution in [0, 0.1) is 22.7 Å². The topological polar surface area (TPSA) is 124 Å². The number of nitriles is 2. The zero-order chi connectivity index (χ0) is 14.5. The smallest absolute Gasteiger partial charge is 0.101 e. The van der Waals surface area contributed by atoms with E-state index in [1.165, 1.54) is 0 Å². The van der Waals surface area contributed by atoms with E-state index >= 15 is 0 Å². The quantitative estimate of drug-likeness (QED) is 0.637. The fourth-order valence-corrected chi connectivity index (χ4v) is 1.52. The van der Waals surface area contributed by atoms with Crippen LogP contribution < -0.4 is 11.5 Å². The number of nitrogens with two attached hydrogens (primary N) is 2. The van der Waals surface area contributed by atoms with Gasteiger partial charge >= 0.3 is 0 Å². The van der Waals surface area contributed by atoms with E-state index in [4.69, 9.17) is 22.0 Å². The number of benzene rings is 2. The SMILES string of the molecule is N#Cc1cc(N=Nc2ccc(N)c(C#N)c2)ccc1N. The highest BCUT2D eigenvalue weighted by Gasteiger charge is 2.01. The summed E-state index contributed by atoms with van der Waals surface area (Å²) >= 11 is 0. The molecule has 6 heteroatoms. The Morgan fingerprint density at radius 1 is 0.750 bits per heavy atom. The van der Waals surface area contributed by atoms with E-state index in [2.05, 4.69) is 10.2 Å². The van der Waals surface area contributed by atoms with Gasteiger partial charge in [-0.1, -0.05) is 0 Å². The third-order valence-corrected chi connectivity index (χ3v) is 2.60. The van der Waals surface area contributed by atoms with Crippen molar-refractivity contribution in [2.45, 2.75) is 0 Å². The Hall–Kier alpha value is -3.38. The summed E-state index contributed by atoms with van der Waals surface area (Å²) < 4.78 is 0. The summed E-state index contributed by atoms with van der Waals surface area (Å²) in [7, 11) is 0. The Kier molecular flexibility index (Phi) is 3.60. The molecule has 0 fully saturated rings. The van der Waals surface area contributed by atoms with Crippen LogP contribution in [0.5, 0.6) is 0 Å². The summed E-state index contributed by atoms with van der Waals surface area (Å²) in [6.45, 7) is 0. The largest absolute Gasteiger partial charge is 0.398 e. The minimum Gasteiger partial charge on any atom is -0.398 e. The molecule has 20 heavy (non-hydrogen) atoms. The van der Waals surface area contributed by atoms with Crippen molar-refractivity contribution in [1.82, 2.24) is 0 Å². The molecular formula is C14H10N6. The molecule has 0 unspecified atom stereocenters. The number of azo groups is 1. The average molecular weight is 262 g/mol. The lowest BCUT2D eigenvalue weighted by Crippen LogP contribution is -1.88. The molecule has 0 amide bonds. The Morgan fingerprint density at radius 2 is 1.15 bits per heavy atom. The molecule has 0 spiro atoms. The number of rotatable bonds is 2. The van der Waals surface area contributed by atoms with Gasteiger partial charge in [0, 0.05) is 11.4 Å². The van der Waals surface area contributed by atoms with Crippen molar-refractivity contribution in [3.8, 4) is 12.1 Å². The van der Waals surface area contributed by atoms with E-state index in [1.807, 2.05) is 12.1 Å². The number of nitrogen functional groups attached to an aromatic ring is 2. The lowest BCUT2D eigenvalue weighted by Gasteiger charge is -1.99. The van der Waals surface area contributed by atoms with Crippen molar-refractivity contribution in [2.75, 3.05) is 11.5 Å². The Labute approximate surface area is 115 Å². The average Bonchev–Trinajstić information content (AvgIpc) is 2.47. The highest BCUT2D eigenvalue weighted by atomic mass is 15.1. The molecule has 0 radical (unpaired) electrons. The van der Waals surface area contributed by atoms with Gasteiger partial charge < -0.3 is 11.5 Å². The zero-order valence-electron chi connectivity index (χ0n) is 10.4. The summed E-state index contributed by atoms with van der Waals surface area (Å²) in [6.07, 6.45) is 0. The van der Waals surface area contributed by atoms with Crippen LogP contribution in [-0.4, -0.2) is 0 Å². The summed E-state index contributed by atoms with van der Waals surface area (Å²) in [5.41, 5.74) is 13.7. The molecule has 0 aliphatic rings. The molecule has 0 heterocycles. The minimum atomic E-state index is 0.344. The Morgan fingerprint density at radius 3 is 1.50 bits per heavy atom. The van der Waals surface area contributed by atoms with Gasteiger partial charge in [0.1, 0.15) is 12.1 Å². The molecule has 0 saturated heterocycles. The summed E-state index contributed by atoms with van der Waals surface area (Å²) in [5.74, 6) is 0. The maximum absolute atomic E-state index is 8.87. The van der Waals surface area contributed by atoms with Gasteiger partial charge in [0.15, 0.2) is 0 Å². The zero-order valence-corrected chi connectivity index (χ0v) is 10.4. The van der Waals surface area contributed by atoms with Crippen LogP contribution in [-0.2, 0) is 0 Å². The van der Waals surface area contributed by atoms with E-state index in [1.54, 1.807) is 36.4 Å². The molecule has 6 nitrogen and oxygen atoms in total. The van der Waals surface area contributed by atoms with Crippen LogP contribution >= 0.6 is 0 Å². The van der Waals surface area contributed by atoms with E-state index < -0.39 is 0 Å². The third-order valence-electron chi connectivity index (χ3n) is 2.60. The summed E-state index contributed by atoms with van der Waals surface area (Å²) in [4.78, 5) is 0. The molecule has 0 saturated carbocycles. The number of hydrogen-bond acceptors (Lipinski definition) is 6. The first-order valence-electron chi connectivity index (χ1n) is 5.65. The molecule has 2 aromatic carbocycles. The summed E-state index contributed by atoms with van der Waals surface area (Å²) in [5, 5.41) is 25.7. The van der Waals surface area contributed by atoms with Crippen LogP contribution in [0.2, 0.25) is 0 Å². The molecule has 0 aliphatic heterocycles. The normalized spacial score (nSPS) is 10.1. The van der Waals surface area contributed by atoms with Gasteiger partial charge in [-0.25, -0.2) is 0 Å². The van der Waals surface area contributed by atoms with E-state index in [9.17, 15) is 0 Å². The van der Waals surface area contributed by atoms with Crippen LogP contribution in [0.1, 0.15) is 11.1 Å². The second-order valence-electron chi connectivity index (χ2n) is 3.97. The van der Waals surface area contributed by atoms with Crippen LogP contribution in [0.3, 0.4) is 0 Å². The van der Waals surface area contributed by atoms with Crippen molar-refractivity contribution < 1.29 is 0 Å².